The lowest BCUT2D eigenvalue weighted by molar-refractivity contribution is 0.343. The van der Waals surface area contributed by atoms with E-state index >= 15 is 0 Å². The minimum absolute atomic E-state index is 0.935. The molecule has 1 aliphatic carbocycles. The van der Waals surface area contributed by atoms with E-state index in [9.17, 15) is 0 Å². The molecule has 0 nitrogen and oxygen atoms in total. The fourth-order valence-corrected chi connectivity index (χ4v) is 1.52. The van der Waals surface area contributed by atoms with Crippen molar-refractivity contribution in [2.75, 3.05) is 0 Å². The molecule has 0 spiro atoms. The lowest BCUT2D eigenvalue weighted by Gasteiger charge is -2.19. The molecule has 0 amide bonds. The van der Waals surface area contributed by atoms with Crippen molar-refractivity contribution < 1.29 is 0 Å². The van der Waals surface area contributed by atoms with Gasteiger partial charge in [-0.1, -0.05) is 26.0 Å². The number of hydrogen-bond donors (Lipinski definition) is 0. The average molecular weight is 138 g/mol. The van der Waals surface area contributed by atoms with Gasteiger partial charge in [0, 0.05) is 0 Å². The van der Waals surface area contributed by atoms with Gasteiger partial charge in [-0.25, -0.2) is 0 Å². The van der Waals surface area contributed by atoms with Crippen molar-refractivity contribution in [2.45, 2.75) is 39.5 Å². The summed E-state index contributed by atoms with van der Waals surface area (Å²) in [5.41, 5.74) is 0. The zero-order valence-electron chi connectivity index (χ0n) is 7.14. The Morgan fingerprint density at radius 1 is 0.900 bits per heavy atom. The average Bonchev–Trinajstić information content (AvgIpc) is 1.92. The molecule has 0 saturated heterocycles. The van der Waals surface area contributed by atoms with Crippen molar-refractivity contribution in [1.82, 2.24) is 0 Å². The first kappa shape index (κ1) is 7.84. The molecule has 2 unspecified atom stereocenters. The van der Waals surface area contributed by atoms with E-state index in [4.69, 9.17) is 0 Å². The standard InChI is InChI=1S/C10H18/c1-9-7-5-3-4-6-8-10(9)2/h3-4,9-10H,5-8H2,1-2H3. The fraction of sp³-hybridized carbons (Fsp3) is 0.800. The predicted octanol–water partition coefficient (Wildman–Crippen LogP) is 3.39. The van der Waals surface area contributed by atoms with Crippen molar-refractivity contribution >= 4 is 0 Å². The maximum Gasteiger partial charge on any atom is -0.0348 e. The lowest BCUT2D eigenvalue weighted by atomic mass is 9.86. The monoisotopic (exact) mass is 138 g/mol. The first-order chi connectivity index (χ1) is 4.80. The van der Waals surface area contributed by atoms with Crippen LogP contribution in [0.25, 0.3) is 0 Å². The van der Waals surface area contributed by atoms with Crippen LogP contribution in [-0.2, 0) is 0 Å². The quantitative estimate of drug-likeness (QED) is 0.450. The van der Waals surface area contributed by atoms with Gasteiger partial charge in [-0.05, 0) is 37.5 Å². The molecule has 0 aromatic heterocycles. The third-order valence-corrected chi connectivity index (χ3v) is 2.72. The second kappa shape index (κ2) is 3.80. The Kier molecular flexibility index (Phi) is 2.98. The van der Waals surface area contributed by atoms with Crippen LogP contribution in [0.15, 0.2) is 12.2 Å². The molecule has 0 aromatic rings. The minimum Gasteiger partial charge on any atom is -0.0885 e. The van der Waals surface area contributed by atoms with Crippen LogP contribution in [0.2, 0.25) is 0 Å². The smallest absolute Gasteiger partial charge is 0.0348 e. The van der Waals surface area contributed by atoms with Crippen molar-refractivity contribution in [3.8, 4) is 0 Å². The van der Waals surface area contributed by atoms with Crippen LogP contribution >= 0.6 is 0 Å². The third kappa shape index (κ3) is 2.17. The normalized spacial score (nSPS) is 35.0. The van der Waals surface area contributed by atoms with Crippen molar-refractivity contribution in [2.24, 2.45) is 11.8 Å². The number of rotatable bonds is 0. The van der Waals surface area contributed by atoms with E-state index in [1.54, 1.807) is 0 Å². The van der Waals surface area contributed by atoms with E-state index in [0.29, 0.717) is 0 Å². The van der Waals surface area contributed by atoms with Crippen LogP contribution in [0.1, 0.15) is 39.5 Å². The molecule has 0 saturated carbocycles. The maximum atomic E-state index is 2.38. The highest BCUT2D eigenvalue weighted by atomic mass is 14.2. The van der Waals surface area contributed by atoms with Gasteiger partial charge in [0.15, 0.2) is 0 Å². The molecular formula is C10H18. The largest absolute Gasteiger partial charge is 0.0885 e. The Balaban J connectivity index is 2.40. The molecule has 0 aromatic carbocycles. The molecular weight excluding hydrogens is 120 g/mol. The van der Waals surface area contributed by atoms with E-state index in [2.05, 4.69) is 26.0 Å². The molecule has 10 heavy (non-hydrogen) atoms. The SMILES string of the molecule is CC1CCC=CCCC1C. The van der Waals surface area contributed by atoms with Crippen molar-refractivity contribution in [3.05, 3.63) is 12.2 Å². The number of hydrogen-bond acceptors (Lipinski definition) is 0. The van der Waals surface area contributed by atoms with Gasteiger partial charge in [0.2, 0.25) is 0 Å². The van der Waals surface area contributed by atoms with Crippen molar-refractivity contribution in [1.29, 1.82) is 0 Å². The van der Waals surface area contributed by atoms with Gasteiger partial charge in [0.05, 0.1) is 0 Å². The zero-order valence-corrected chi connectivity index (χ0v) is 7.14. The highest BCUT2D eigenvalue weighted by Crippen LogP contribution is 2.23. The molecule has 0 heteroatoms. The lowest BCUT2D eigenvalue weighted by Crippen LogP contribution is -2.08. The summed E-state index contributed by atoms with van der Waals surface area (Å²) in [5.74, 6) is 1.87. The van der Waals surface area contributed by atoms with Crippen LogP contribution in [0.4, 0.5) is 0 Å². The maximum absolute atomic E-state index is 2.38. The van der Waals surface area contributed by atoms with Crippen LogP contribution in [0.5, 0.6) is 0 Å². The van der Waals surface area contributed by atoms with Gasteiger partial charge < -0.3 is 0 Å². The van der Waals surface area contributed by atoms with Gasteiger partial charge in [0.25, 0.3) is 0 Å². The van der Waals surface area contributed by atoms with Crippen LogP contribution in [0, 0.1) is 11.8 Å². The summed E-state index contributed by atoms with van der Waals surface area (Å²) >= 11 is 0. The second-order valence-electron chi connectivity index (χ2n) is 3.58. The highest BCUT2D eigenvalue weighted by Gasteiger charge is 2.11. The van der Waals surface area contributed by atoms with Gasteiger partial charge >= 0.3 is 0 Å². The third-order valence-electron chi connectivity index (χ3n) is 2.72. The predicted molar refractivity (Wildman–Crippen MR) is 45.9 cm³/mol. The molecule has 0 N–H and O–H groups in total. The molecule has 0 heterocycles. The summed E-state index contributed by atoms with van der Waals surface area (Å²) in [4.78, 5) is 0. The molecule has 0 fully saturated rings. The van der Waals surface area contributed by atoms with E-state index in [1.807, 2.05) is 0 Å². The summed E-state index contributed by atoms with van der Waals surface area (Å²) in [6.45, 7) is 4.76. The van der Waals surface area contributed by atoms with Crippen LogP contribution < -0.4 is 0 Å². The highest BCUT2D eigenvalue weighted by molar-refractivity contribution is 4.85. The van der Waals surface area contributed by atoms with E-state index in [-0.39, 0.29) is 0 Å². The second-order valence-corrected chi connectivity index (χ2v) is 3.58. The molecule has 0 bridgehead atoms. The van der Waals surface area contributed by atoms with Gasteiger partial charge in [0.1, 0.15) is 0 Å². The van der Waals surface area contributed by atoms with E-state index in [0.717, 1.165) is 11.8 Å². The Bertz CT molecular complexity index is 99.2. The first-order valence-electron chi connectivity index (χ1n) is 4.45. The van der Waals surface area contributed by atoms with E-state index < -0.39 is 0 Å². The molecule has 1 rings (SSSR count). The van der Waals surface area contributed by atoms with Crippen LogP contribution in [0.3, 0.4) is 0 Å². The Morgan fingerprint density at radius 2 is 1.30 bits per heavy atom. The van der Waals surface area contributed by atoms with E-state index in [1.165, 1.54) is 25.7 Å². The van der Waals surface area contributed by atoms with Crippen molar-refractivity contribution in [3.63, 3.8) is 0 Å². The topological polar surface area (TPSA) is 0 Å². The molecule has 0 radical (unpaired) electrons. The Morgan fingerprint density at radius 3 is 1.70 bits per heavy atom. The summed E-state index contributed by atoms with van der Waals surface area (Å²) < 4.78 is 0. The summed E-state index contributed by atoms with van der Waals surface area (Å²) in [6.07, 6.45) is 10.0. The molecule has 58 valence electrons. The number of allylic oxidation sites excluding steroid dienone is 2. The zero-order chi connectivity index (χ0) is 7.40. The molecule has 1 aliphatic rings. The Hall–Kier alpha value is -0.260. The first-order valence-corrected chi connectivity index (χ1v) is 4.45. The van der Waals surface area contributed by atoms with Gasteiger partial charge in [-0.2, -0.15) is 0 Å². The fourth-order valence-electron chi connectivity index (χ4n) is 1.52. The summed E-state index contributed by atoms with van der Waals surface area (Å²) in [5, 5.41) is 0. The van der Waals surface area contributed by atoms with Gasteiger partial charge in [-0.3, -0.25) is 0 Å². The molecule has 2 atom stereocenters. The Labute approximate surface area is 64.3 Å². The summed E-state index contributed by atoms with van der Waals surface area (Å²) in [6, 6.07) is 0. The molecule has 0 aliphatic heterocycles. The van der Waals surface area contributed by atoms with Gasteiger partial charge in [-0.15, -0.1) is 0 Å². The van der Waals surface area contributed by atoms with Crippen LogP contribution in [-0.4, -0.2) is 0 Å². The summed E-state index contributed by atoms with van der Waals surface area (Å²) in [7, 11) is 0. The minimum atomic E-state index is 0.935.